The highest BCUT2D eigenvalue weighted by molar-refractivity contribution is 6.32. The lowest BCUT2D eigenvalue weighted by Gasteiger charge is -2.54. The van der Waals surface area contributed by atoms with E-state index in [0.29, 0.717) is 16.3 Å². The van der Waals surface area contributed by atoms with Gasteiger partial charge in [-0.2, -0.15) is 0 Å². The van der Waals surface area contributed by atoms with E-state index < -0.39 is 0 Å². The maximum atomic E-state index is 6.61. The summed E-state index contributed by atoms with van der Waals surface area (Å²) < 4.78 is 5.35. The van der Waals surface area contributed by atoms with E-state index in [9.17, 15) is 0 Å². The molecule has 1 N–H and O–H groups in total. The Bertz CT molecular complexity index is 1370. The Morgan fingerprint density at radius 2 is 1.80 bits per heavy atom. The number of nitrogens with zero attached hydrogens (tertiary/aromatic N) is 4. The molecule has 0 aliphatic heterocycles. The second kappa shape index (κ2) is 8.99. The highest BCUT2D eigenvalue weighted by atomic mass is 35.5. The maximum Gasteiger partial charge on any atom is 0.213 e. The summed E-state index contributed by atoms with van der Waals surface area (Å²) in [5, 5.41) is 5.69. The van der Waals surface area contributed by atoms with Crippen LogP contribution in [0.1, 0.15) is 56.2 Å². The first-order valence-electron chi connectivity index (χ1n) is 12.5. The van der Waals surface area contributed by atoms with Gasteiger partial charge in [-0.25, -0.2) is 15.0 Å². The van der Waals surface area contributed by atoms with E-state index >= 15 is 0 Å². The van der Waals surface area contributed by atoms with Crippen molar-refractivity contribution in [1.82, 2.24) is 25.3 Å². The van der Waals surface area contributed by atoms with Crippen molar-refractivity contribution >= 4 is 33.7 Å². The largest absolute Gasteiger partial charge is 0.481 e. The van der Waals surface area contributed by atoms with Crippen LogP contribution in [0.25, 0.3) is 22.1 Å². The number of aromatic nitrogens is 4. The van der Waals surface area contributed by atoms with Crippen molar-refractivity contribution in [3.05, 3.63) is 65.1 Å². The van der Waals surface area contributed by atoms with E-state index in [0.717, 1.165) is 52.7 Å². The summed E-state index contributed by atoms with van der Waals surface area (Å²) in [6.07, 6.45) is 13.0. The van der Waals surface area contributed by atoms with Crippen LogP contribution in [-0.4, -0.2) is 32.6 Å². The quantitative estimate of drug-likeness (QED) is 0.342. The fraction of sp³-hybridized carbons (Fsp3) is 0.429. The van der Waals surface area contributed by atoms with Gasteiger partial charge >= 0.3 is 0 Å². The first kappa shape index (κ1) is 22.6. The van der Waals surface area contributed by atoms with Gasteiger partial charge in [-0.15, -0.1) is 0 Å². The Labute approximate surface area is 210 Å². The van der Waals surface area contributed by atoms with Gasteiger partial charge in [0.15, 0.2) is 5.65 Å². The van der Waals surface area contributed by atoms with Gasteiger partial charge in [0.2, 0.25) is 5.88 Å². The molecule has 2 bridgehead atoms. The van der Waals surface area contributed by atoms with E-state index in [4.69, 9.17) is 21.3 Å². The molecule has 0 unspecified atom stereocenters. The number of hydrogen-bond donors (Lipinski definition) is 1. The monoisotopic (exact) mass is 487 g/mol. The molecule has 4 aromatic heterocycles. The predicted molar refractivity (Wildman–Crippen MR) is 139 cm³/mol. The van der Waals surface area contributed by atoms with Crippen LogP contribution >= 0.6 is 11.6 Å². The second-order valence-electron chi connectivity index (χ2n) is 10.3. The summed E-state index contributed by atoms with van der Waals surface area (Å²) in [6, 6.07) is 12.1. The maximum absolute atomic E-state index is 6.61. The molecular weight excluding hydrogens is 458 g/mol. The normalized spacial score (nSPS) is 23.7. The van der Waals surface area contributed by atoms with Crippen molar-refractivity contribution in [2.75, 3.05) is 7.11 Å². The van der Waals surface area contributed by atoms with Crippen LogP contribution in [0.4, 0.5) is 0 Å². The Balaban J connectivity index is 1.12. The molecule has 6 nitrogen and oxygen atoms in total. The molecule has 4 heterocycles. The summed E-state index contributed by atoms with van der Waals surface area (Å²) in [5.74, 6) is 0.601. The standard InChI is InChI=1S/C28H30ClN5O/c1-35-24-7-6-23-25(34-24)21(22(29)18-31-23)8-9-27-10-13-28(14-11-27,15-12-27)32-17-20-5-4-19-3-2-16-30-26(19)33-20/h2-7,16,18,32H,8-15,17H2,1H3. The minimum Gasteiger partial charge on any atom is -0.481 e. The molecule has 7 heteroatoms. The molecule has 0 radical (unpaired) electrons. The molecule has 3 aliphatic carbocycles. The van der Waals surface area contributed by atoms with Gasteiger partial charge in [-0.3, -0.25) is 4.98 Å². The number of hydrogen-bond acceptors (Lipinski definition) is 6. The summed E-state index contributed by atoms with van der Waals surface area (Å²) >= 11 is 6.61. The number of rotatable bonds is 7. The van der Waals surface area contributed by atoms with E-state index in [-0.39, 0.29) is 5.54 Å². The van der Waals surface area contributed by atoms with E-state index in [1.54, 1.807) is 13.3 Å². The highest BCUT2D eigenvalue weighted by Gasteiger charge is 2.47. The molecule has 180 valence electrons. The smallest absolute Gasteiger partial charge is 0.213 e. The van der Waals surface area contributed by atoms with Crippen molar-refractivity contribution in [2.24, 2.45) is 5.41 Å². The minimum absolute atomic E-state index is 0.235. The number of methoxy groups -OCH3 is 1. The zero-order valence-corrected chi connectivity index (χ0v) is 20.8. The zero-order valence-electron chi connectivity index (χ0n) is 20.1. The Kier molecular flexibility index (Phi) is 5.81. The average molecular weight is 488 g/mol. The number of pyridine rings is 4. The second-order valence-corrected chi connectivity index (χ2v) is 10.7. The van der Waals surface area contributed by atoms with Crippen LogP contribution in [0, 0.1) is 5.41 Å². The third-order valence-electron chi connectivity index (χ3n) is 8.42. The van der Waals surface area contributed by atoms with Crippen LogP contribution in [0.15, 0.2) is 48.8 Å². The van der Waals surface area contributed by atoms with Gasteiger partial charge in [0.05, 0.1) is 28.9 Å². The van der Waals surface area contributed by atoms with Crippen LogP contribution in [0.3, 0.4) is 0 Å². The van der Waals surface area contributed by atoms with Crippen molar-refractivity contribution < 1.29 is 4.74 Å². The fourth-order valence-corrected chi connectivity index (χ4v) is 6.32. The average Bonchev–Trinajstić information content (AvgIpc) is 2.92. The van der Waals surface area contributed by atoms with E-state index in [1.807, 2.05) is 24.4 Å². The molecule has 4 aromatic rings. The fourth-order valence-electron chi connectivity index (χ4n) is 6.09. The van der Waals surface area contributed by atoms with Crippen molar-refractivity contribution in [3.63, 3.8) is 0 Å². The molecule has 3 aliphatic rings. The third-order valence-corrected chi connectivity index (χ3v) is 8.75. The lowest BCUT2D eigenvalue weighted by Crippen LogP contribution is -2.54. The lowest BCUT2D eigenvalue weighted by atomic mass is 9.55. The molecular formula is C28H30ClN5O. The van der Waals surface area contributed by atoms with Gasteiger partial charge in [-0.1, -0.05) is 11.6 Å². The van der Waals surface area contributed by atoms with Gasteiger partial charge < -0.3 is 10.1 Å². The molecule has 0 atom stereocenters. The molecule has 0 aromatic carbocycles. The van der Waals surface area contributed by atoms with Gasteiger partial charge in [0.25, 0.3) is 0 Å². The first-order chi connectivity index (χ1) is 17.1. The van der Waals surface area contributed by atoms with Crippen molar-refractivity contribution in [2.45, 2.75) is 63.5 Å². The van der Waals surface area contributed by atoms with Crippen molar-refractivity contribution in [3.8, 4) is 5.88 Å². The van der Waals surface area contributed by atoms with E-state index in [1.165, 1.54) is 38.5 Å². The topological polar surface area (TPSA) is 72.8 Å². The number of aryl methyl sites for hydroxylation is 1. The summed E-state index contributed by atoms with van der Waals surface area (Å²) in [4.78, 5) is 18.3. The van der Waals surface area contributed by atoms with Crippen LogP contribution in [-0.2, 0) is 13.0 Å². The summed E-state index contributed by atoms with van der Waals surface area (Å²) in [5.41, 5.74) is 5.36. The molecule has 0 amide bonds. The van der Waals surface area contributed by atoms with Gasteiger partial charge in [0.1, 0.15) is 0 Å². The molecule has 3 saturated carbocycles. The van der Waals surface area contributed by atoms with E-state index in [2.05, 4.69) is 38.5 Å². The number of ether oxygens (including phenoxy) is 1. The van der Waals surface area contributed by atoms with Gasteiger partial charge in [-0.05, 0) is 87.1 Å². The highest BCUT2D eigenvalue weighted by Crippen LogP contribution is 2.54. The predicted octanol–water partition coefficient (Wildman–Crippen LogP) is 6.05. The summed E-state index contributed by atoms with van der Waals surface area (Å²) in [7, 11) is 1.64. The van der Waals surface area contributed by atoms with Crippen LogP contribution < -0.4 is 10.1 Å². The third kappa shape index (κ3) is 4.34. The van der Waals surface area contributed by atoms with Crippen LogP contribution in [0.5, 0.6) is 5.88 Å². The Morgan fingerprint density at radius 1 is 0.971 bits per heavy atom. The summed E-state index contributed by atoms with van der Waals surface area (Å²) in [6.45, 7) is 0.797. The number of halogens is 1. The molecule has 0 saturated heterocycles. The molecule has 7 rings (SSSR count). The Morgan fingerprint density at radius 3 is 2.60 bits per heavy atom. The first-order valence-corrected chi connectivity index (χ1v) is 12.9. The molecule has 0 spiro atoms. The number of nitrogens with one attached hydrogen (secondary N) is 1. The molecule has 3 fully saturated rings. The number of fused-ring (bicyclic) bond motifs is 5. The molecule has 35 heavy (non-hydrogen) atoms. The van der Waals surface area contributed by atoms with Crippen LogP contribution in [0.2, 0.25) is 5.02 Å². The minimum atomic E-state index is 0.235. The van der Waals surface area contributed by atoms with Crippen molar-refractivity contribution in [1.29, 1.82) is 0 Å². The lowest BCUT2D eigenvalue weighted by molar-refractivity contribution is 0.0162. The SMILES string of the molecule is COc1ccc2ncc(Cl)c(CCC34CCC(NCc5ccc6cccnc6n5)(CC3)CC4)c2n1. The zero-order chi connectivity index (χ0) is 23.9. The van der Waals surface area contributed by atoms with Gasteiger partial charge in [0, 0.05) is 41.5 Å². The Hall–Kier alpha value is -2.83.